The highest BCUT2D eigenvalue weighted by molar-refractivity contribution is 8.01. The fourth-order valence-corrected chi connectivity index (χ4v) is 4.34. The van der Waals surface area contributed by atoms with Crippen LogP contribution in [0.3, 0.4) is 0 Å². The highest BCUT2D eigenvalue weighted by Gasteiger charge is 2.13. The normalized spacial score (nSPS) is 10.3. The van der Waals surface area contributed by atoms with Crippen LogP contribution in [0, 0.1) is 25.2 Å². The van der Waals surface area contributed by atoms with Crippen molar-refractivity contribution in [1.29, 1.82) is 5.26 Å². The van der Waals surface area contributed by atoms with E-state index in [1.165, 1.54) is 23.1 Å². The third kappa shape index (κ3) is 4.92. The van der Waals surface area contributed by atoms with E-state index in [1.807, 2.05) is 26.8 Å². The van der Waals surface area contributed by atoms with E-state index in [0.29, 0.717) is 15.7 Å². The van der Waals surface area contributed by atoms with Gasteiger partial charge in [0, 0.05) is 5.69 Å². The van der Waals surface area contributed by atoms with Crippen LogP contribution in [-0.2, 0) is 4.79 Å². The summed E-state index contributed by atoms with van der Waals surface area (Å²) >= 11 is 4.19. The van der Waals surface area contributed by atoms with E-state index < -0.39 is 0 Å². The van der Waals surface area contributed by atoms with Gasteiger partial charge >= 0.3 is 0 Å². The van der Waals surface area contributed by atoms with Crippen molar-refractivity contribution < 1.29 is 4.79 Å². The summed E-state index contributed by atoms with van der Waals surface area (Å²) in [6.07, 6.45) is 0. The second kappa shape index (κ2) is 8.29. The standard InChI is InChI=1S/C14H15N5OS3/c1-4-21-14-19-18-13(23-14)17-11(20)7-22-12-10(6-15)8(2)5-9(3)16-12/h5H,4,7H2,1-3H3,(H,17,18,20). The number of anilines is 1. The van der Waals surface area contributed by atoms with Gasteiger partial charge < -0.3 is 0 Å². The molecule has 0 spiro atoms. The highest BCUT2D eigenvalue weighted by atomic mass is 32.2. The Hall–Kier alpha value is -1.63. The van der Waals surface area contributed by atoms with Gasteiger partial charge in [0.25, 0.3) is 0 Å². The summed E-state index contributed by atoms with van der Waals surface area (Å²) in [6, 6.07) is 4.00. The van der Waals surface area contributed by atoms with Gasteiger partial charge in [-0.15, -0.1) is 10.2 Å². The summed E-state index contributed by atoms with van der Waals surface area (Å²) in [4.78, 5) is 16.4. The maximum absolute atomic E-state index is 12.0. The maximum Gasteiger partial charge on any atom is 0.236 e. The van der Waals surface area contributed by atoms with Gasteiger partial charge in [0.2, 0.25) is 11.0 Å². The Balaban J connectivity index is 1.98. The van der Waals surface area contributed by atoms with E-state index in [4.69, 9.17) is 0 Å². The predicted molar refractivity (Wildman–Crippen MR) is 94.1 cm³/mol. The van der Waals surface area contributed by atoms with Crippen molar-refractivity contribution in [3.8, 4) is 6.07 Å². The number of nitrogens with one attached hydrogen (secondary N) is 1. The third-order valence-corrected chi connectivity index (χ3v) is 5.51. The minimum absolute atomic E-state index is 0.167. The first-order valence-corrected chi connectivity index (χ1v) is 9.59. The molecule has 0 saturated heterocycles. The molecular weight excluding hydrogens is 350 g/mol. The molecular formula is C14H15N5OS3. The van der Waals surface area contributed by atoms with Crippen LogP contribution in [0.4, 0.5) is 5.13 Å². The lowest BCUT2D eigenvalue weighted by atomic mass is 10.1. The molecule has 0 aliphatic rings. The third-order valence-electron chi connectivity index (χ3n) is 2.68. The van der Waals surface area contributed by atoms with Gasteiger partial charge in [-0.2, -0.15) is 5.26 Å². The molecule has 2 rings (SSSR count). The zero-order valence-corrected chi connectivity index (χ0v) is 15.4. The number of thioether (sulfide) groups is 2. The number of aryl methyl sites for hydroxylation is 2. The lowest BCUT2D eigenvalue weighted by molar-refractivity contribution is -0.113. The van der Waals surface area contributed by atoms with Crippen LogP contribution >= 0.6 is 34.9 Å². The Morgan fingerprint density at radius 2 is 2.17 bits per heavy atom. The molecule has 0 aromatic carbocycles. The number of carbonyl (C=O) groups excluding carboxylic acids is 1. The minimum atomic E-state index is -0.191. The molecule has 2 heterocycles. The summed E-state index contributed by atoms with van der Waals surface area (Å²) < 4.78 is 0.832. The number of rotatable bonds is 6. The fraction of sp³-hybridized carbons (Fsp3) is 0.357. The summed E-state index contributed by atoms with van der Waals surface area (Å²) in [5.41, 5.74) is 2.22. The van der Waals surface area contributed by atoms with E-state index in [2.05, 4.69) is 26.6 Å². The zero-order valence-electron chi connectivity index (χ0n) is 12.9. The van der Waals surface area contributed by atoms with Crippen LogP contribution < -0.4 is 5.32 Å². The average Bonchev–Trinajstić information content (AvgIpc) is 2.92. The Morgan fingerprint density at radius 3 is 2.87 bits per heavy atom. The predicted octanol–water partition coefficient (Wildman–Crippen LogP) is 3.26. The molecule has 0 radical (unpaired) electrons. The fourth-order valence-electron chi connectivity index (χ4n) is 1.77. The molecule has 0 fully saturated rings. The minimum Gasteiger partial charge on any atom is -0.300 e. The van der Waals surface area contributed by atoms with Crippen LogP contribution in [-0.4, -0.2) is 32.6 Å². The van der Waals surface area contributed by atoms with Crippen molar-refractivity contribution in [2.45, 2.75) is 30.1 Å². The SMILES string of the molecule is CCSc1nnc(NC(=O)CSc2nc(C)cc(C)c2C#N)s1. The van der Waals surface area contributed by atoms with Crippen molar-refractivity contribution in [2.75, 3.05) is 16.8 Å². The number of nitriles is 1. The monoisotopic (exact) mass is 365 g/mol. The Morgan fingerprint density at radius 1 is 1.39 bits per heavy atom. The Labute approximate surface area is 147 Å². The molecule has 1 amide bonds. The lowest BCUT2D eigenvalue weighted by Gasteiger charge is -2.07. The Bertz CT molecular complexity index is 753. The van der Waals surface area contributed by atoms with Crippen molar-refractivity contribution in [1.82, 2.24) is 15.2 Å². The molecule has 6 nitrogen and oxygen atoms in total. The molecule has 0 saturated carbocycles. The number of hydrogen-bond donors (Lipinski definition) is 1. The number of pyridine rings is 1. The van der Waals surface area contributed by atoms with E-state index in [0.717, 1.165) is 21.3 Å². The first kappa shape index (κ1) is 17.7. The number of aromatic nitrogens is 3. The van der Waals surface area contributed by atoms with Crippen molar-refractivity contribution >= 4 is 45.9 Å². The van der Waals surface area contributed by atoms with E-state index in [-0.39, 0.29) is 11.7 Å². The van der Waals surface area contributed by atoms with Crippen molar-refractivity contribution in [3.63, 3.8) is 0 Å². The number of carbonyl (C=O) groups is 1. The van der Waals surface area contributed by atoms with Crippen LogP contribution in [0.25, 0.3) is 0 Å². The summed E-state index contributed by atoms with van der Waals surface area (Å²) in [5.74, 6) is 0.887. The topological polar surface area (TPSA) is 91.6 Å². The van der Waals surface area contributed by atoms with E-state index >= 15 is 0 Å². The summed E-state index contributed by atoms with van der Waals surface area (Å²) in [6.45, 7) is 5.77. The van der Waals surface area contributed by atoms with Crippen molar-refractivity contribution in [3.05, 3.63) is 22.9 Å². The zero-order chi connectivity index (χ0) is 16.8. The number of hydrogen-bond acceptors (Lipinski definition) is 8. The molecule has 9 heteroatoms. The van der Waals surface area contributed by atoms with Crippen LogP contribution in [0.5, 0.6) is 0 Å². The molecule has 23 heavy (non-hydrogen) atoms. The first-order chi connectivity index (χ1) is 11.0. The van der Waals surface area contributed by atoms with Gasteiger partial charge in [-0.25, -0.2) is 4.98 Å². The molecule has 2 aromatic rings. The second-order valence-electron chi connectivity index (χ2n) is 4.52. The average molecular weight is 366 g/mol. The van der Waals surface area contributed by atoms with Gasteiger partial charge in [-0.1, -0.05) is 41.8 Å². The van der Waals surface area contributed by atoms with Gasteiger partial charge in [0.1, 0.15) is 11.1 Å². The summed E-state index contributed by atoms with van der Waals surface area (Å²) in [7, 11) is 0. The van der Waals surface area contributed by atoms with Gasteiger partial charge in [0.15, 0.2) is 4.34 Å². The molecule has 0 aliphatic heterocycles. The second-order valence-corrected chi connectivity index (χ2v) is 7.97. The highest BCUT2D eigenvalue weighted by Crippen LogP contribution is 2.26. The van der Waals surface area contributed by atoms with Crippen LogP contribution in [0.2, 0.25) is 0 Å². The molecule has 0 bridgehead atoms. The van der Waals surface area contributed by atoms with Gasteiger partial charge in [-0.3, -0.25) is 10.1 Å². The summed E-state index contributed by atoms with van der Waals surface area (Å²) in [5, 5.41) is 20.9. The molecule has 0 aliphatic carbocycles. The van der Waals surface area contributed by atoms with Crippen LogP contribution in [0.1, 0.15) is 23.7 Å². The maximum atomic E-state index is 12.0. The largest absolute Gasteiger partial charge is 0.300 e. The van der Waals surface area contributed by atoms with Crippen LogP contribution in [0.15, 0.2) is 15.4 Å². The van der Waals surface area contributed by atoms with Gasteiger partial charge in [-0.05, 0) is 31.2 Å². The van der Waals surface area contributed by atoms with Crippen molar-refractivity contribution in [2.24, 2.45) is 0 Å². The first-order valence-electron chi connectivity index (χ1n) is 6.80. The smallest absolute Gasteiger partial charge is 0.236 e. The quantitative estimate of drug-likeness (QED) is 0.620. The molecule has 0 unspecified atom stereocenters. The molecule has 2 aromatic heterocycles. The lowest BCUT2D eigenvalue weighted by Crippen LogP contribution is -2.14. The van der Waals surface area contributed by atoms with E-state index in [9.17, 15) is 10.1 Å². The molecule has 1 N–H and O–H groups in total. The van der Waals surface area contributed by atoms with Gasteiger partial charge in [0.05, 0.1) is 11.3 Å². The van der Waals surface area contributed by atoms with E-state index in [1.54, 1.807) is 11.8 Å². The Kier molecular flexibility index (Phi) is 6.38. The molecule has 120 valence electrons. The number of amides is 1. The molecule has 0 atom stereocenters. The number of nitrogens with zero attached hydrogens (tertiary/aromatic N) is 4.